The van der Waals surface area contributed by atoms with E-state index in [1.165, 1.54) is 5.56 Å². The van der Waals surface area contributed by atoms with E-state index < -0.39 is 5.97 Å². The van der Waals surface area contributed by atoms with Crippen molar-refractivity contribution in [3.63, 3.8) is 0 Å². The third kappa shape index (κ3) is 4.19. The van der Waals surface area contributed by atoms with Crippen molar-refractivity contribution in [3.8, 4) is 0 Å². The van der Waals surface area contributed by atoms with Crippen LogP contribution in [0.5, 0.6) is 0 Å². The zero-order valence-electron chi connectivity index (χ0n) is 11.8. The van der Waals surface area contributed by atoms with Gasteiger partial charge in [0.05, 0.1) is 12.2 Å². The van der Waals surface area contributed by atoms with Gasteiger partial charge in [-0.3, -0.25) is 9.59 Å². The zero-order valence-corrected chi connectivity index (χ0v) is 12.7. The van der Waals surface area contributed by atoms with Gasteiger partial charge < -0.3 is 10.1 Å². The molecule has 0 saturated carbocycles. The molecule has 0 saturated heterocycles. The van der Waals surface area contributed by atoms with Crippen molar-refractivity contribution in [2.24, 2.45) is 0 Å². The molecular weight excluding hydrogens is 288 g/mol. The highest BCUT2D eigenvalue weighted by atomic mass is 32.2. The van der Waals surface area contributed by atoms with Crippen LogP contribution in [0, 0.1) is 13.8 Å². The summed E-state index contributed by atoms with van der Waals surface area (Å²) in [6, 6.07) is 8.07. The fourth-order valence-corrected chi connectivity index (χ4v) is 2.84. The summed E-state index contributed by atoms with van der Waals surface area (Å²) in [7, 11) is 0. The number of carboxylic acids is 1. The van der Waals surface area contributed by atoms with Crippen molar-refractivity contribution in [2.75, 3.05) is 0 Å². The van der Waals surface area contributed by atoms with E-state index in [-0.39, 0.29) is 17.5 Å². The van der Waals surface area contributed by atoms with E-state index in [4.69, 9.17) is 5.11 Å². The Morgan fingerprint density at radius 1 is 1.38 bits per heavy atom. The van der Waals surface area contributed by atoms with Crippen LogP contribution in [0.3, 0.4) is 0 Å². The summed E-state index contributed by atoms with van der Waals surface area (Å²) < 4.78 is 0. The number of hydrogen-bond donors (Lipinski definition) is 2. The monoisotopic (exact) mass is 304 g/mol. The fourth-order valence-electron chi connectivity index (χ4n) is 1.95. The summed E-state index contributed by atoms with van der Waals surface area (Å²) in [5.41, 5.74) is 1.49. The second-order valence-electron chi connectivity index (χ2n) is 4.75. The number of aromatic nitrogens is 2. The van der Waals surface area contributed by atoms with E-state index in [1.807, 2.05) is 25.1 Å². The van der Waals surface area contributed by atoms with Crippen LogP contribution in [0.15, 0.2) is 34.0 Å². The number of aromatic amines is 1. The SMILES string of the molecule is Cc1cccc(SCc2nc(C)c(CC(=O)O)c(=O)[nH]2)c1. The third-order valence-corrected chi connectivity index (χ3v) is 3.97. The molecule has 0 amide bonds. The Balaban J connectivity index is 2.15. The maximum absolute atomic E-state index is 11.9. The third-order valence-electron chi connectivity index (χ3n) is 2.96. The van der Waals surface area contributed by atoms with Crippen LogP contribution in [0.1, 0.15) is 22.6 Å². The first-order valence-electron chi connectivity index (χ1n) is 6.45. The van der Waals surface area contributed by atoms with Crippen molar-refractivity contribution in [1.29, 1.82) is 0 Å². The number of hydrogen-bond acceptors (Lipinski definition) is 4. The Kier molecular flexibility index (Phi) is 4.80. The largest absolute Gasteiger partial charge is 0.481 e. The molecule has 0 aliphatic rings. The van der Waals surface area contributed by atoms with Crippen LogP contribution in [-0.2, 0) is 17.0 Å². The molecule has 2 aromatic rings. The van der Waals surface area contributed by atoms with Gasteiger partial charge >= 0.3 is 5.97 Å². The maximum atomic E-state index is 11.9. The predicted octanol–water partition coefficient (Wildman–Crippen LogP) is 2.31. The first-order valence-corrected chi connectivity index (χ1v) is 7.44. The normalized spacial score (nSPS) is 10.6. The molecule has 5 nitrogen and oxygen atoms in total. The average Bonchev–Trinajstić information content (AvgIpc) is 2.40. The molecule has 0 atom stereocenters. The number of aliphatic carboxylic acids is 1. The van der Waals surface area contributed by atoms with Crippen LogP contribution in [0.2, 0.25) is 0 Å². The van der Waals surface area contributed by atoms with Crippen LogP contribution in [0.25, 0.3) is 0 Å². The summed E-state index contributed by atoms with van der Waals surface area (Å²) in [5.74, 6) is 0.0535. The highest BCUT2D eigenvalue weighted by molar-refractivity contribution is 7.98. The lowest BCUT2D eigenvalue weighted by Crippen LogP contribution is -2.21. The van der Waals surface area contributed by atoms with E-state index in [1.54, 1.807) is 18.7 Å². The number of benzene rings is 1. The lowest BCUT2D eigenvalue weighted by molar-refractivity contribution is -0.136. The van der Waals surface area contributed by atoms with Crippen molar-refractivity contribution in [1.82, 2.24) is 9.97 Å². The van der Waals surface area contributed by atoms with Crippen LogP contribution >= 0.6 is 11.8 Å². The number of thioether (sulfide) groups is 1. The lowest BCUT2D eigenvalue weighted by atomic mass is 10.2. The van der Waals surface area contributed by atoms with E-state index >= 15 is 0 Å². The van der Waals surface area contributed by atoms with E-state index in [0.29, 0.717) is 17.3 Å². The quantitative estimate of drug-likeness (QED) is 0.828. The van der Waals surface area contributed by atoms with Crippen molar-refractivity contribution in [2.45, 2.75) is 30.9 Å². The van der Waals surface area contributed by atoms with Crippen LogP contribution in [0.4, 0.5) is 0 Å². The van der Waals surface area contributed by atoms with Crippen molar-refractivity contribution < 1.29 is 9.90 Å². The smallest absolute Gasteiger partial charge is 0.308 e. The van der Waals surface area contributed by atoms with Gasteiger partial charge in [0, 0.05) is 16.2 Å². The highest BCUT2D eigenvalue weighted by Crippen LogP contribution is 2.21. The highest BCUT2D eigenvalue weighted by Gasteiger charge is 2.11. The summed E-state index contributed by atoms with van der Waals surface area (Å²) in [4.78, 5) is 30.7. The van der Waals surface area contributed by atoms with E-state index in [2.05, 4.69) is 16.0 Å². The number of rotatable bonds is 5. The summed E-state index contributed by atoms with van der Waals surface area (Å²) >= 11 is 1.58. The summed E-state index contributed by atoms with van der Waals surface area (Å²) in [6.45, 7) is 3.68. The van der Waals surface area contributed by atoms with Gasteiger partial charge in [-0.1, -0.05) is 17.7 Å². The molecule has 0 unspecified atom stereocenters. The number of carbonyl (C=O) groups is 1. The molecule has 1 aromatic heterocycles. The summed E-state index contributed by atoms with van der Waals surface area (Å²) in [6.07, 6.45) is -0.306. The Labute approximate surface area is 126 Å². The van der Waals surface area contributed by atoms with Gasteiger partial charge in [-0.25, -0.2) is 4.98 Å². The second kappa shape index (κ2) is 6.58. The molecule has 0 radical (unpaired) electrons. The van der Waals surface area contributed by atoms with Crippen LogP contribution < -0.4 is 5.56 Å². The summed E-state index contributed by atoms with van der Waals surface area (Å²) in [5, 5.41) is 8.78. The van der Waals surface area contributed by atoms with Gasteiger partial charge in [0.2, 0.25) is 0 Å². The lowest BCUT2D eigenvalue weighted by Gasteiger charge is -2.06. The first-order chi connectivity index (χ1) is 9.95. The van der Waals surface area contributed by atoms with Crippen molar-refractivity contribution in [3.05, 3.63) is 57.3 Å². The molecule has 21 heavy (non-hydrogen) atoms. The molecule has 1 heterocycles. The second-order valence-corrected chi connectivity index (χ2v) is 5.80. The zero-order chi connectivity index (χ0) is 15.4. The molecule has 2 rings (SSSR count). The number of aryl methyl sites for hydroxylation is 2. The Bertz CT molecular complexity index is 725. The van der Waals surface area contributed by atoms with Gasteiger partial charge in [-0.05, 0) is 26.0 Å². The Hall–Kier alpha value is -2.08. The maximum Gasteiger partial charge on any atom is 0.308 e. The van der Waals surface area contributed by atoms with Crippen LogP contribution in [-0.4, -0.2) is 21.0 Å². The van der Waals surface area contributed by atoms with Gasteiger partial charge in [0.25, 0.3) is 5.56 Å². The van der Waals surface area contributed by atoms with Gasteiger partial charge in [-0.2, -0.15) is 0 Å². The van der Waals surface area contributed by atoms with Gasteiger partial charge in [0.1, 0.15) is 5.82 Å². The number of nitrogens with one attached hydrogen (secondary N) is 1. The minimum atomic E-state index is -1.03. The van der Waals surface area contributed by atoms with E-state index in [9.17, 15) is 9.59 Å². The predicted molar refractivity (Wildman–Crippen MR) is 81.7 cm³/mol. The number of carboxylic acid groups (broad SMARTS) is 1. The minimum absolute atomic E-state index is 0.215. The molecule has 110 valence electrons. The Morgan fingerprint density at radius 2 is 2.14 bits per heavy atom. The first kappa shape index (κ1) is 15.3. The fraction of sp³-hybridized carbons (Fsp3) is 0.267. The minimum Gasteiger partial charge on any atom is -0.481 e. The molecule has 1 aromatic carbocycles. The number of nitrogens with zero attached hydrogens (tertiary/aromatic N) is 1. The van der Waals surface area contributed by atoms with Gasteiger partial charge in [0.15, 0.2) is 0 Å². The molecule has 0 bridgehead atoms. The molecule has 2 N–H and O–H groups in total. The Morgan fingerprint density at radius 3 is 2.76 bits per heavy atom. The standard InChI is InChI=1S/C15H16N2O3S/c1-9-4-3-5-11(6-9)21-8-13-16-10(2)12(7-14(18)19)15(20)17-13/h3-6H,7-8H2,1-2H3,(H,18,19)(H,16,17,20). The molecule has 6 heteroatoms. The molecule has 0 aliphatic heterocycles. The molecule has 0 aliphatic carbocycles. The average molecular weight is 304 g/mol. The molecule has 0 spiro atoms. The van der Waals surface area contributed by atoms with E-state index in [0.717, 1.165) is 4.90 Å². The van der Waals surface area contributed by atoms with Crippen molar-refractivity contribution >= 4 is 17.7 Å². The topological polar surface area (TPSA) is 83.0 Å². The van der Waals surface area contributed by atoms with Gasteiger partial charge in [-0.15, -0.1) is 11.8 Å². The molecular formula is C15H16N2O3S. The number of H-pyrrole nitrogens is 1. The molecule has 0 fully saturated rings.